The van der Waals surface area contributed by atoms with Crippen LogP contribution < -0.4 is 10.5 Å². The average molecular weight is 351 g/mol. The van der Waals surface area contributed by atoms with Gasteiger partial charge in [0.2, 0.25) is 0 Å². The Morgan fingerprint density at radius 3 is 2.62 bits per heavy atom. The maximum absolute atomic E-state index is 12.3. The fourth-order valence-corrected chi connectivity index (χ4v) is 4.26. The topological polar surface area (TPSA) is 63.9 Å². The number of hydrogen-bond acceptors (Lipinski definition) is 5. The van der Waals surface area contributed by atoms with E-state index in [0.29, 0.717) is 11.8 Å². The Hall–Kier alpha value is -2.24. The molecule has 0 spiro atoms. The Balaban J connectivity index is 1.21. The Labute approximate surface area is 153 Å². The van der Waals surface area contributed by atoms with Crippen molar-refractivity contribution in [2.24, 2.45) is 5.92 Å². The predicted octanol–water partition coefficient (Wildman–Crippen LogP) is 2.32. The Morgan fingerprint density at radius 1 is 1.04 bits per heavy atom. The standard InChI is InChI=1S/C20H25N5O/c26-20-12-16-2-1-3-18(16)23-25(20)13-14-8-10-24(11-9-14)19-7-6-17(21-22-19)15-4-5-15/h6-7,12,14-15H,1-5,8-11,13H2. The molecule has 26 heavy (non-hydrogen) atoms. The molecule has 1 saturated heterocycles. The van der Waals surface area contributed by atoms with Crippen LogP contribution in [0.25, 0.3) is 0 Å². The second-order valence-corrected chi connectivity index (χ2v) is 8.01. The quantitative estimate of drug-likeness (QED) is 0.846. The highest BCUT2D eigenvalue weighted by atomic mass is 16.1. The SMILES string of the molecule is O=c1cc2c(nn1CC1CCN(c3ccc(C4CC4)nn3)CC1)CCC2. The minimum Gasteiger partial charge on any atom is -0.355 e. The molecule has 2 aromatic rings. The van der Waals surface area contributed by atoms with Crippen LogP contribution in [-0.4, -0.2) is 33.1 Å². The molecule has 0 radical (unpaired) electrons. The van der Waals surface area contributed by atoms with Gasteiger partial charge >= 0.3 is 0 Å². The highest BCUT2D eigenvalue weighted by Gasteiger charge is 2.26. The number of hydrogen-bond donors (Lipinski definition) is 0. The first kappa shape index (κ1) is 16.0. The van der Waals surface area contributed by atoms with Crippen LogP contribution in [0.1, 0.15) is 55.0 Å². The molecule has 0 amide bonds. The van der Waals surface area contributed by atoms with E-state index in [1.807, 2.05) is 6.07 Å². The molecule has 0 atom stereocenters. The van der Waals surface area contributed by atoms with Gasteiger partial charge in [-0.3, -0.25) is 4.79 Å². The zero-order valence-corrected chi connectivity index (χ0v) is 15.1. The van der Waals surface area contributed by atoms with E-state index >= 15 is 0 Å². The summed E-state index contributed by atoms with van der Waals surface area (Å²) in [6, 6.07) is 6.06. The van der Waals surface area contributed by atoms with Crippen LogP contribution in [0.5, 0.6) is 0 Å². The molecular weight excluding hydrogens is 326 g/mol. The van der Waals surface area contributed by atoms with Crippen molar-refractivity contribution in [2.45, 2.75) is 57.4 Å². The molecule has 1 saturated carbocycles. The minimum atomic E-state index is 0.0645. The fourth-order valence-electron chi connectivity index (χ4n) is 4.26. The number of nitrogens with zero attached hydrogens (tertiary/aromatic N) is 5. The van der Waals surface area contributed by atoms with Crippen molar-refractivity contribution in [1.82, 2.24) is 20.0 Å². The van der Waals surface area contributed by atoms with Crippen molar-refractivity contribution in [1.29, 1.82) is 0 Å². The summed E-state index contributed by atoms with van der Waals surface area (Å²) >= 11 is 0. The van der Waals surface area contributed by atoms with Crippen LogP contribution in [0.15, 0.2) is 23.0 Å². The number of piperidine rings is 1. The van der Waals surface area contributed by atoms with Crippen LogP contribution in [0.3, 0.4) is 0 Å². The summed E-state index contributed by atoms with van der Waals surface area (Å²) in [6.45, 7) is 2.69. The van der Waals surface area contributed by atoms with Gasteiger partial charge in [0.05, 0.1) is 11.4 Å². The van der Waals surface area contributed by atoms with Crippen LogP contribution in [0.4, 0.5) is 5.82 Å². The summed E-state index contributed by atoms with van der Waals surface area (Å²) in [5, 5.41) is 13.5. The van der Waals surface area contributed by atoms with E-state index in [1.165, 1.54) is 12.8 Å². The van der Waals surface area contributed by atoms with Gasteiger partial charge in [0, 0.05) is 31.6 Å². The molecule has 2 fully saturated rings. The average Bonchev–Trinajstić information content (AvgIpc) is 3.43. The summed E-state index contributed by atoms with van der Waals surface area (Å²) in [7, 11) is 0. The van der Waals surface area contributed by atoms with Crippen LogP contribution >= 0.6 is 0 Å². The lowest BCUT2D eigenvalue weighted by Crippen LogP contribution is -2.37. The Kier molecular flexibility index (Phi) is 3.98. The van der Waals surface area contributed by atoms with Gasteiger partial charge in [-0.1, -0.05) is 0 Å². The first-order valence-corrected chi connectivity index (χ1v) is 9.95. The molecule has 5 rings (SSSR count). The predicted molar refractivity (Wildman–Crippen MR) is 99.5 cm³/mol. The van der Waals surface area contributed by atoms with Gasteiger partial charge in [-0.2, -0.15) is 10.2 Å². The zero-order valence-electron chi connectivity index (χ0n) is 15.1. The number of anilines is 1. The van der Waals surface area contributed by atoms with Gasteiger partial charge in [0.25, 0.3) is 5.56 Å². The van der Waals surface area contributed by atoms with Gasteiger partial charge in [0.15, 0.2) is 5.82 Å². The Morgan fingerprint density at radius 2 is 1.88 bits per heavy atom. The first-order chi connectivity index (χ1) is 12.8. The van der Waals surface area contributed by atoms with Crippen molar-refractivity contribution < 1.29 is 0 Å². The molecule has 3 heterocycles. The molecule has 6 nitrogen and oxygen atoms in total. The number of aromatic nitrogens is 4. The molecule has 0 aromatic carbocycles. The van der Waals surface area contributed by atoms with E-state index in [0.717, 1.165) is 74.5 Å². The lowest BCUT2D eigenvalue weighted by molar-refractivity contribution is 0.332. The summed E-state index contributed by atoms with van der Waals surface area (Å²) in [6.07, 6.45) is 7.81. The molecule has 6 heteroatoms. The van der Waals surface area contributed by atoms with Gasteiger partial charge in [-0.05, 0) is 68.6 Å². The number of aryl methyl sites for hydroxylation is 2. The Bertz CT molecular complexity index is 847. The summed E-state index contributed by atoms with van der Waals surface area (Å²) in [5.74, 6) is 2.15. The zero-order chi connectivity index (χ0) is 17.5. The normalized spacial score (nSPS) is 20.4. The molecule has 1 aliphatic heterocycles. The summed E-state index contributed by atoms with van der Waals surface area (Å²) < 4.78 is 1.70. The third-order valence-corrected chi connectivity index (χ3v) is 6.06. The lowest BCUT2D eigenvalue weighted by atomic mass is 9.97. The second-order valence-electron chi connectivity index (χ2n) is 8.01. The molecule has 0 unspecified atom stereocenters. The third-order valence-electron chi connectivity index (χ3n) is 6.06. The fraction of sp³-hybridized carbons (Fsp3) is 0.600. The number of fused-ring (bicyclic) bond motifs is 1. The molecule has 2 aromatic heterocycles. The molecule has 3 aliphatic rings. The lowest BCUT2D eigenvalue weighted by Gasteiger charge is -2.32. The highest BCUT2D eigenvalue weighted by molar-refractivity contribution is 5.38. The molecule has 0 N–H and O–H groups in total. The van der Waals surface area contributed by atoms with Crippen LogP contribution in [0, 0.1) is 5.92 Å². The highest BCUT2D eigenvalue weighted by Crippen LogP contribution is 2.38. The van der Waals surface area contributed by atoms with Crippen molar-refractivity contribution >= 4 is 5.82 Å². The van der Waals surface area contributed by atoms with Gasteiger partial charge in [-0.15, -0.1) is 5.10 Å². The number of rotatable bonds is 4. The summed E-state index contributed by atoms with van der Waals surface area (Å²) in [5.41, 5.74) is 3.50. The van der Waals surface area contributed by atoms with E-state index in [9.17, 15) is 4.79 Å². The van der Waals surface area contributed by atoms with Gasteiger partial charge in [-0.25, -0.2) is 4.68 Å². The second kappa shape index (κ2) is 6.49. The molecular formula is C20H25N5O. The van der Waals surface area contributed by atoms with Crippen molar-refractivity contribution in [3.05, 3.63) is 45.5 Å². The van der Waals surface area contributed by atoms with E-state index in [-0.39, 0.29) is 5.56 Å². The van der Waals surface area contributed by atoms with Crippen LogP contribution in [0.2, 0.25) is 0 Å². The third kappa shape index (κ3) is 3.13. The molecule has 136 valence electrons. The molecule has 0 bridgehead atoms. The largest absolute Gasteiger partial charge is 0.355 e. The van der Waals surface area contributed by atoms with E-state index < -0.39 is 0 Å². The maximum Gasteiger partial charge on any atom is 0.267 e. The van der Waals surface area contributed by atoms with Gasteiger partial charge in [0.1, 0.15) is 0 Å². The van der Waals surface area contributed by atoms with Crippen molar-refractivity contribution in [3.63, 3.8) is 0 Å². The maximum atomic E-state index is 12.3. The smallest absolute Gasteiger partial charge is 0.267 e. The minimum absolute atomic E-state index is 0.0645. The monoisotopic (exact) mass is 351 g/mol. The first-order valence-electron chi connectivity index (χ1n) is 9.95. The van der Waals surface area contributed by atoms with E-state index in [4.69, 9.17) is 0 Å². The summed E-state index contributed by atoms with van der Waals surface area (Å²) in [4.78, 5) is 14.6. The van der Waals surface area contributed by atoms with Crippen molar-refractivity contribution in [2.75, 3.05) is 18.0 Å². The van der Waals surface area contributed by atoms with E-state index in [1.54, 1.807) is 4.68 Å². The van der Waals surface area contributed by atoms with Crippen LogP contribution in [-0.2, 0) is 19.4 Å². The van der Waals surface area contributed by atoms with E-state index in [2.05, 4.69) is 32.3 Å². The van der Waals surface area contributed by atoms with Gasteiger partial charge < -0.3 is 4.90 Å². The van der Waals surface area contributed by atoms with Crippen molar-refractivity contribution in [3.8, 4) is 0 Å². The molecule has 2 aliphatic carbocycles.